The van der Waals surface area contributed by atoms with Crippen molar-refractivity contribution in [2.24, 2.45) is 0 Å². The standard InChI is InChI=1S/C53H84N4O10S/c1-50(2,3)64-46(59)36-54-27-28-55(37-47(60)65-51(4,5)6)31-32-57(39-49(62)67-53(10,11)12)43(35-56(30-29-54)38-48(61)66-52(7,8)9)34-41-23-25-44(26-24-41)68-33-19-14-13-18-22-45(58)63-40-42-20-16-15-17-21-42/h15-17,20-21,23-26,43H,13-14,18-19,22,27-40H2,1-12H3/t43-/m0/s1. The Morgan fingerprint density at radius 2 is 0.941 bits per heavy atom. The number of nitrogens with zero attached hydrogens (tertiary/aromatic N) is 4. The van der Waals surface area contributed by atoms with Gasteiger partial charge in [0.2, 0.25) is 0 Å². The molecular weight excluding hydrogens is 885 g/mol. The summed E-state index contributed by atoms with van der Waals surface area (Å²) in [5, 5.41) is 0. The van der Waals surface area contributed by atoms with Crippen LogP contribution in [0.1, 0.15) is 126 Å². The quantitative estimate of drug-likeness (QED) is 0.0547. The average Bonchev–Trinajstić information content (AvgIpc) is 3.19. The molecule has 0 amide bonds. The highest BCUT2D eigenvalue weighted by Crippen LogP contribution is 2.23. The number of unbranched alkanes of at least 4 members (excludes halogenated alkanes) is 3. The van der Waals surface area contributed by atoms with Crippen molar-refractivity contribution in [1.29, 1.82) is 0 Å². The summed E-state index contributed by atoms with van der Waals surface area (Å²) in [7, 11) is 0. The summed E-state index contributed by atoms with van der Waals surface area (Å²) in [6.45, 7) is 25.4. The van der Waals surface area contributed by atoms with E-state index in [9.17, 15) is 24.0 Å². The molecule has 68 heavy (non-hydrogen) atoms. The predicted octanol–water partition coefficient (Wildman–Crippen LogP) is 7.97. The van der Waals surface area contributed by atoms with Crippen LogP contribution in [0, 0.1) is 0 Å². The Balaban J connectivity index is 1.84. The van der Waals surface area contributed by atoms with Crippen LogP contribution in [0.3, 0.4) is 0 Å². The number of rotatable bonds is 20. The summed E-state index contributed by atoms with van der Waals surface area (Å²) in [5.41, 5.74) is -0.682. The highest BCUT2D eigenvalue weighted by Gasteiger charge is 2.31. The van der Waals surface area contributed by atoms with Crippen LogP contribution >= 0.6 is 11.8 Å². The number of esters is 5. The van der Waals surface area contributed by atoms with E-state index in [1.54, 1.807) is 11.8 Å². The monoisotopic (exact) mass is 969 g/mol. The molecule has 0 aliphatic carbocycles. The van der Waals surface area contributed by atoms with Gasteiger partial charge in [0.25, 0.3) is 0 Å². The molecule has 1 aliphatic heterocycles. The first-order valence-corrected chi connectivity index (χ1v) is 25.4. The Kier molecular flexibility index (Phi) is 24.0. The molecule has 0 bridgehead atoms. The maximum absolute atomic E-state index is 13.7. The lowest BCUT2D eigenvalue weighted by Gasteiger charge is -2.39. The van der Waals surface area contributed by atoms with Crippen LogP contribution < -0.4 is 0 Å². The summed E-state index contributed by atoms with van der Waals surface area (Å²) in [4.78, 5) is 75.3. The summed E-state index contributed by atoms with van der Waals surface area (Å²) < 4.78 is 28.6. The van der Waals surface area contributed by atoms with Crippen LogP contribution in [0.5, 0.6) is 0 Å². The van der Waals surface area contributed by atoms with Crippen LogP contribution in [0.2, 0.25) is 0 Å². The normalized spacial score (nSPS) is 16.8. The number of thioether (sulfide) groups is 1. The molecule has 0 saturated carbocycles. The first-order chi connectivity index (χ1) is 31.7. The smallest absolute Gasteiger partial charge is 0.320 e. The summed E-state index contributed by atoms with van der Waals surface area (Å²) in [6, 6.07) is 17.9. The van der Waals surface area contributed by atoms with Crippen molar-refractivity contribution in [3.8, 4) is 0 Å². The molecule has 14 nitrogen and oxygen atoms in total. The minimum absolute atomic E-state index is 0.00390. The van der Waals surface area contributed by atoms with Gasteiger partial charge in [-0.25, -0.2) is 0 Å². The molecule has 382 valence electrons. The first kappa shape index (κ1) is 58.3. The zero-order valence-electron chi connectivity index (χ0n) is 43.5. The summed E-state index contributed by atoms with van der Waals surface area (Å²) in [6.07, 6.45) is 4.81. The molecule has 1 saturated heterocycles. The highest BCUT2D eigenvalue weighted by molar-refractivity contribution is 7.99. The Morgan fingerprint density at radius 1 is 0.500 bits per heavy atom. The molecule has 0 aromatic heterocycles. The van der Waals surface area contributed by atoms with Crippen LogP contribution in [0.25, 0.3) is 0 Å². The SMILES string of the molecule is CC(C)(C)OC(=O)CN1CCN(CC(=O)OC(C)(C)C)CCN(CC(=O)OC(C)(C)C)[C@@H](Cc2ccc(SCCCCCCC(=O)OCc3ccccc3)cc2)CN(CC(=O)OC(C)(C)C)CC1. The van der Waals surface area contributed by atoms with Crippen molar-refractivity contribution < 1.29 is 47.7 Å². The van der Waals surface area contributed by atoms with Crippen LogP contribution in [-0.2, 0) is 60.7 Å². The number of benzene rings is 2. The molecule has 1 aliphatic rings. The molecule has 1 heterocycles. The predicted molar refractivity (Wildman–Crippen MR) is 268 cm³/mol. The molecule has 0 unspecified atom stereocenters. The van der Waals surface area contributed by atoms with E-state index in [0.717, 1.165) is 47.5 Å². The molecule has 2 aromatic rings. The molecular formula is C53H84N4O10S. The fourth-order valence-electron chi connectivity index (χ4n) is 7.54. The van der Waals surface area contributed by atoms with E-state index in [2.05, 4.69) is 34.1 Å². The van der Waals surface area contributed by atoms with Crippen molar-refractivity contribution >= 4 is 41.6 Å². The number of carbonyl (C=O) groups is 5. The molecule has 0 spiro atoms. The van der Waals surface area contributed by atoms with Gasteiger partial charge in [0, 0.05) is 63.2 Å². The molecule has 3 rings (SSSR count). The Labute approximate surface area is 412 Å². The first-order valence-electron chi connectivity index (χ1n) is 24.4. The maximum Gasteiger partial charge on any atom is 0.320 e. The van der Waals surface area contributed by atoms with Crippen molar-refractivity contribution in [2.45, 2.75) is 162 Å². The highest BCUT2D eigenvalue weighted by atomic mass is 32.2. The number of hydrogen-bond acceptors (Lipinski definition) is 15. The second-order valence-corrected chi connectivity index (χ2v) is 22.9. The third-order valence-corrected chi connectivity index (χ3v) is 11.5. The van der Waals surface area contributed by atoms with E-state index >= 15 is 0 Å². The van der Waals surface area contributed by atoms with Gasteiger partial charge in [-0.3, -0.25) is 43.6 Å². The van der Waals surface area contributed by atoms with Crippen molar-refractivity contribution in [2.75, 3.05) is 77.7 Å². The minimum atomic E-state index is -0.702. The van der Waals surface area contributed by atoms with E-state index in [-0.39, 0.29) is 62.1 Å². The van der Waals surface area contributed by atoms with Crippen LogP contribution in [0.4, 0.5) is 0 Å². The molecule has 15 heteroatoms. The fourth-order valence-corrected chi connectivity index (χ4v) is 8.45. The zero-order chi connectivity index (χ0) is 50.5. The number of carbonyl (C=O) groups excluding carboxylic acids is 5. The van der Waals surface area contributed by atoms with E-state index in [1.807, 2.05) is 123 Å². The van der Waals surface area contributed by atoms with Gasteiger partial charge in [-0.15, -0.1) is 11.8 Å². The van der Waals surface area contributed by atoms with E-state index < -0.39 is 22.4 Å². The van der Waals surface area contributed by atoms with Crippen LogP contribution in [0.15, 0.2) is 59.5 Å². The Morgan fingerprint density at radius 3 is 1.44 bits per heavy atom. The van der Waals surface area contributed by atoms with Gasteiger partial charge in [-0.2, -0.15) is 0 Å². The van der Waals surface area contributed by atoms with Gasteiger partial charge in [0.1, 0.15) is 29.0 Å². The largest absolute Gasteiger partial charge is 0.461 e. The van der Waals surface area contributed by atoms with Crippen molar-refractivity contribution in [1.82, 2.24) is 19.6 Å². The fraction of sp³-hybridized carbons (Fsp3) is 0.679. The molecule has 1 fully saturated rings. The third kappa shape index (κ3) is 27.2. The van der Waals surface area contributed by atoms with E-state index in [4.69, 9.17) is 23.7 Å². The van der Waals surface area contributed by atoms with E-state index in [1.165, 1.54) is 0 Å². The summed E-state index contributed by atoms with van der Waals surface area (Å²) in [5.74, 6) is -0.674. The third-order valence-electron chi connectivity index (χ3n) is 10.4. The van der Waals surface area contributed by atoms with Crippen molar-refractivity contribution in [3.05, 3.63) is 65.7 Å². The van der Waals surface area contributed by atoms with Gasteiger partial charge in [-0.05, 0) is 131 Å². The Bertz CT molecular complexity index is 1850. The Hall–Kier alpha value is -4.02. The second-order valence-electron chi connectivity index (χ2n) is 21.8. The van der Waals surface area contributed by atoms with Gasteiger partial charge in [-0.1, -0.05) is 55.3 Å². The summed E-state index contributed by atoms with van der Waals surface area (Å²) >= 11 is 1.80. The van der Waals surface area contributed by atoms with Gasteiger partial charge >= 0.3 is 29.8 Å². The van der Waals surface area contributed by atoms with Crippen LogP contribution in [-0.4, -0.2) is 156 Å². The molecule has 2 aromatic carbocycles. The maximum atomic E-state index is 13.7. The van der Waals surface area contributed by atoms with Gasteiger partial charge < -0.3 is 23.7 Å². The van der Waals surface area contributed by atoms with Crippen molar-refractivity contribution in [3.63, 3.8) is 0 Å². The van der Waals surface area contributed by atoms with E-state index in [0.29, 0.717) is 65.3 Å². The zero-order valence-corrected chi connectivity index (χ0v) is 44.3. The number of ether oxygens (including phenoxy) is 5. The minimum Gasteiger partial charge on any atom is -0.461 e. The topological polar surface area (TPSA) is 144 Å². The lowest BCUT2D eigenvalue weighted by atomic mass is 10.0. The lowest BCUT2D eigenvalue weighted by Crippen LogP contribution is -2.54. The number of hydrogen-bond donors (Lipinski definition) is 0. The second kappa shape index (κ2) is 28.0. The average molecular weight is 969 g/mol. The molecule has 1 atom stereocenters. The van der Waals surface area contributed by atoms with Gasteiger partial charge in [0.15, 0.2) is 0 Å². The molecule has 0 radical (unpaired) electrons. The molecule has 0 N–H and O–H groups in total. The lowest BCUT2D eigenvalue weighted by molar-refractivity contribution is -0.160. The van der Waals surface area contributed by atoms with Gasteiger partial charge in [0.05, 0.1) is 26.2 Å².